The fourth-order valence-electron chi connectivity index (χ4n) is 9.19. The molecule has 3 aliphatic carbocycles. The van der Waals surface area contributed by atoms with Gasteiger partial charge in [0.2, 0.25) is 0 Å². The summed E-state index contributed by atoms with van der Waals surface area (Å²) in [6.07, 6.45) is 25.6. The number of carbonyl (C=O) groups excluding carboxylic acids is 1. The highest BCUT2D eigenvalue weighted by Crippen LogP contribution is 2.43. The van der Waals surface area contributed by atoms with E-state index in [2.05, 4.69) is 238 Å². The Bertz CT molecular complexity index is 2910. The van der Waals surface area contributed by atoms with Crippen molar-refractivity contribution in [1.82, 2.24) is 0 Å². The molecule has 0 saturated carbocycles. The molecule has 66 heavy (non-hydrogen) atoms. The predicted octanol–water partition coefficient (Wildman–Crippen LogP) is 16.5. The summed E-state index contributed by atoms with van der Waals surface area (Å²) in [5.41, 5.74) is 13.3. The highest BCUT2D eigenvalue weighted by molar-refractivity contribution is 6.12. The van der Waals surface area contributed by atoms with E-state index >= 15 is 4.79 Å². The zero-order valence-electron chi connectivity index (χ0n) is 37.0. The van der Waals surface area contributed by atoms with E-state index in [0.29, 0.717) is 11.1 Å². The molecule has 0 heterocycles. The summed E-state index contributed by atoms with van der Waals surface area (Å²) in [6, 6.07) is 65.0. The molecule has 7 aromatic carbocycles. The molecule has 0 saturated heterocycles. The third kappa shape index (κ3) is 9.10. The summed E-state index contributed by atoms with van der Waals surface area (Å²) in [5.74, 6) is -0.0699. The van der Waals surface area contributed by atoms with Gasteiger partial charge in [0.1, 0.15) is 0 Å². The van der Waals surface area contributed by atoms with Crippen LogP contribution < -0.4 is 19.6 Å². The Hall–Kier alpha value is -8.15. The van der Waals surface area contributed by atoms with Crippen LogP contribution in [0.4, 0.5) is 51.2 Å². The lowest BCUT2D eigenvalue weighted by atomic mass is 9.97. The number of carbonyl (C=O) groups is 1. The molecule has 0 aliphatic heterocycles. The molecule has 3 aliphatic rings. The van der Waals surface area contributed by atoms with Crippen molar-refractivity contribution in [1.29, 1.82) is 0 Å². The van der Waals surface area contributed by atoms with Crippen molar-refractivity contribution in [2.45, 2.75) is 38.5 Å². The number of benzene rings is 7. The fraction of sp³-hybridized carbons (Fsp3) is 0.0984. The Balaban J connectivity index is 1.22. The quantitative estimate of drug-likeness (QED) is 0.102. The van der Waals surface area contributed by atoms with Crippen LogP contribution in [0.3, 0.4) is 0 Å². The number of nitrogens with zero attached hydrogens (tertiary/aromatic N) is 4. The molecule has 0 fully saturated rings. The lowest BCUT2D eigenvalue weighted by Crippen LogP contribution is -2.23. The van der Waals surface area contributed by atoms with Gasteiger partial charge in [0.25, 0.3) is 0 Å². The minimum atomic E-state index is -0.0699. The minimum Gasteiger partial charge on any atom is -0.314 e. The molecule has 0 amide bonds. The first kappa shape index (κ1) is 41.8. The highest BCUT2D eigenvalue weighted by Gasteiger charge is 2.26. The smallest absolute Gasteiger partial charge is 0.193 e. The minimum absolute atomic E-state index is 0.0699. The third-order valence-corrected chi connectivity index (χ3v) is 12.2. The van der Waals surface area contributed by atoms with Crippen LogP contribution in [0, 0.1) is 0 Å². The number of hydrogen-bond acceptors (Lipinski definition) is 5. The number of allylic oxidation sites excluding steroid dienone is 11. The standard InChI is InChI=1S/C61H52N4O/c66-61(47-41-57(62(49-25-9-1-10-26-49)50-27-11-2-12-28-50)45-58(42-47)63(51-29-13-3-14-30-51)52-31-15-4-16-32-52)48-43-59(64(53-33-17-5-18-34-53)54-35-19-6-20-36-54)46-60(44-48)65(55-37-21-7-22-38-55)56-39-23-8-24-40-56/h1-7,9-15,17-21,23,25-31,33-37,39-46H,8,16,22,24,32,38H2. The molecule has 5 nitrogen and oxygen atoms in total. The van der Waals surface area contributed by atoms with E-state index in [1.54, 1.807) is 0 Å². The van der Waals surface area contributed by atoms with Gasteiger partial charge in [-0.1, -0.05) is 127 Å². The number of anilines is 9. The van der Waals surface area contributed by atoms with Gasteiger partial charge in [-0.3, -0.25) is 4.79 Å². The summed E-state index contributed by atoms with van der Waals surface area (Å²) >= 11 is 0. The molecular weight excluding hydrogens is 805 g/mol. The maximum atomic E-state index is 16.0. The Morgan fingerprint density at radius 3 is 1.08 bits per heavy atom. The van der Waals surface area contributed by atoms with Crippen molar-refractivity contribution in [2.75, 3.05) is 19.6 Å². The molecule has 10 rings (SSSR count). The number of rotatable bonds is 14. The molecule has 0 aromatic heterocycles. The summed E-state index contributed by atoms with van der Waals surface area (Å²) in [5, 5.41) is 0. The average Bonchev–Trinajstić information content (AvgIpc) is 3.39. The maximum Gasteiger partial charge on any atom is 0.193 e. The Kier molecular flexibility index (Phi) is 12.5. The lowest BCUT2D eigenvalue weighted by molar-refractivity contribution is 0.103. The topological polar surface area (TPSA) is 30.0 Å². The fourth-order valence-corrected chi connectivity index (χ4v) is 9.19. The van der Waals surface area contributed by atoms with Crippen LogP contribution in [-0.2, 0) is 0 Å². The van der Waals surface area contributed by atoms with Gasteiger partial charge >= 0.3 is 0 Å². The zero-order chi connectivity index (χ0) is 44.5. The highest BCUT2D eigenvalue weighted by atomic mass is 16.1. The third-order valence-electron chi connectivity index (χ3n) is 12.2. The Morgan fingerprint density at radius 2 is 0.712 bits per heavy atom. The molecule has 7 aromatic rings. The van der Waals surface area contributed by atoms with Gasteiger partial charge in [-0.05, 0) is 154 Å². The van der Waals surface area contributed by atoms with Gasteiger partial charge in [0, 0.05) is 79.4 Å². The second-order valence-electron chi connectivity index (χ2n) is 16.7. The molecule has 0 spiro atoms. The molecule has 0 radical (unpaired) electrons. The Labute approximate surface area is 389 Å². The van der Waals surface area contributed by atoms with Crippen LogP contribution in [-0.4, -0.2) is 5.78 Å². The van der Waals surface area contributed by atoms with E-state index in [1.165, 1.54) is 5.70 Å². The van der Waals surface area contributed by atoms with Crippen LogP contribution in [0.25, 0.3) is 0 Å². The van der Waals surface area contributed by atoms with Gasteiger partial charge in [0.05, 0.1) is 0 Å². The van der Waals surface area contributed by atoms with Crippen molar-refractivity contribution in [3.05, 3.63) is 271 Å². The zero-order valence-corrected chi connectivity index (χ0v) is 37.0. The number of para-hydroxylation sites is 5. The SMILES string of the molecule is O=C(c1cc(N(C2=CCCC=C2)C2=CC=CCC2)cc(N(c2ccccc2)c2ccccc2)c1)c1cc(N(C2=CC=CCC2)c2ccccc2)cc(N(c2ccccc2)c2ccccc2)c1. The second kappa shape index (κ2) is 19.7. The molecular formula is C61H52N4O. The van der Waals surface area contributed by atoms with Gasteiger partial charge in [-0.15, -0.1) is 0 Å². The van der Waals surface area contributed by atoms with Crippen LogP contribution in [0.2, 0.25) is 0 Å². The van der Waals surface area contributed by atoms with E-state index in [1.807, 2.05) is 24.3 Å². The first-order chi connectivity index (χ1) is 32.7. The summed E-state index contributed by atoms with van der Waals surface area (Å²) in [6.45, 7) is 0. The van der Waals surface area contributed by atoms with E-state index in [9.17, 15) is 0 Å². The van der Waals surface area contributed by atoms with Crippen LogP contribution >= 0.6 is 0 Å². The molecule has 0 bridgehead atoms. The largest absolute Gasteiger partial charge is 0.314 e. The van der Waals surface area contributed by atoms with Crippen LogP contribution in [0.5, 0.6) is 0 Å². The van der Waals surface area contributed by atoms with Crippen molar-refractivity contribution < 1.29 is 4.79 Å². The van der Waals surface area contributed by atoms with Crippen LogP contribution in [0.15, 0.2) is 260 Å². The summed E-state index contributed by atoms with van der Waals surface area (Å²) in [7, 11) is 0. The van der Waals surface area contributed by atoms with E-state index in [-0.39, 0.29) is 5.78 Å². The van der Waals surface area contributed by atoms with Crippen LogP contribution in [0.1, 0.15) is 54.4 Å². The maximum absolute atomic E-state index is 16.0. The van der Waals surface area contributed by atoms with Gasteiger partial charge in [0.15, 0.2) is 5.78 Å². The van der Waals surface area contributed by atoms with E-state index in [0.717, 1.165) is 101 Å². The lowest BCUT2D eigenvalue weighted by Gasteiger charge is -2.33. The second-order valence-corrected chi connectivity index (χ2v) is 16.7. The molecule has 5 heteroatoms. The molecule has 0 unspecified atom stereocenters. The summed E-state index contributed by atoms with van der Waals surface area (Å²) in [4.78, 5) is 25.2. The first-order valence-corrected chi connectivity index (χ1v) is 23.1. The monoisotopic (exact) mass is 856 g/mol. The van der Waals surface area contributed by atoms with E-state index in [4.69, 9.17) is 0 Å². The van der Waals surface area contributed by atoms with Crippen molar-refractivity contribution >= 4 is 57.0 Å². The van der Waals surface area contributed by atoms with E-state index < -0.39 is 0 Å². The predicted molar refractivity (Wildman–Crippen MR) is 276 cm³/mol. The molecule has 322 valence electrons. The average molecular weight is 857 g/mol. The summed E-state index contributed by atoms with van der Waals surface area (Å²) < 4.78 is 0. The van der Waals surface area contributed by atoms with Crippen molar-refractivity contribution in [3.63, 3.8) is 0 Å². The van der Waals surface area contributed by atoms with Crippen molar-refractivity contribution in [2.24, 2.45) is 0 Å². The number of ketones is 1. The normalized spacial score (nSPS) is 14.2. The first-order valence-electron chi connectivity index (χ1n) is 23.1. The van der Waals surface area contributed by atoms with Gasteiger partial charge in [-0.25, -0.2) is 0 Å². The van der Waals surface area contributed by atoms with Gasteiger partial charge in [-0.2, -0.15) is 0 Å². The van der Waals surface area contributed by atoms with Gasteiger partial charge < -0.3 is 19.6 Å². The number of hydrogen-bond donors (Lipinski definition) is 0. The Morgan fingerprint density at radius 1 is 0.348 bits per heavy atom. The van der Waals surface area contributed by atoms with Crippen molar-refractivity contribution in [3.8, 4) is 0 Å². The molecule has 0 atom stereocenters. The molecule has 0 N–H and O–H groups in total.